The van der Waals surface area contributed by atoms with Gasteiger partial charge in [0.05, 0.1) is 0 Å². The highest BCUT2D eigenvalue weighted by atomic mass is 16.2. The van der Waals surface area contributed by atoms with Crippen molar-refractivity contribution in [1.82, 2.24) is 10.2 Å². The van der Waals surface area contributed by atoms with E-state index in [1.54, 1.807) is 0 Å². The molecular weight excluding hydrogens is 224 g/mol. The van der Waals surface area contributed by atoms with E-state index in [9.17, 15) is 4.79 Å². The van der Waals surface area contributed by atoms with Crippen LogP contribution in [0.1, 0.15) is 31.9 Å². The highest BCUT2D eigenvalue weighted by Crippen LogP contribution is 2.14. The molecule has 0 saturated carbocycles. The molecular formula is C15H24N2O. The van der Waals surface area contributed by atoms with Crippen molar-refractivity contribution in [2.75, 3.05) is 14.1 Å². The van der Waals surface area contributed by atoms with Gasteiger partial charge in [-0.1, -0.05) is 45.0 Å². The summed E-state index contributed by atoms with van der Waals surface area (Å²) in [5, 5.41) is 3.00. The molecule has 0 heterocycles. The molecule has 0 aromatic heterocycles. The molecule has 18 heavy (non-hydrogen) atoms. The van der Waals surface area contributed by atoms with Crippen molar-refractivity contribution in [2.45, 2.75) is 33.9 Å². The number of carbonyl (C=O) groups excluding carboxylic acids is 1. The average Bonchev–Trinajstić information content (AvgIpc) is 2.25. The summed E-state index contributed by atoms with van der Waals surface area (Å²) >= 11 is 0. The summed E-state index contributed by atoms with van der Waals surface area (Å²) in [5.74, 6) is 0.0853. The van der Waals surface area contributed by atoms with E-state index in [4.69, 9.17) is 0 Å². The molecule has 1 rings (SSSR count). The average molecular weight is 248 g/mol. The van der Waals surface area contributed by atoms with Crippen molar-refractivity contribution in [1.29, 1.82) is 0 Å². The van der Waals surface area contributed by atoms with Crippen LogP contribution in [-0.4, -0.2) is 24.9 Å². The SMILES string of the molecule is CN(C)Cc1ccccc1CNC(=O)C(C)(C)C. The molecule has 3 nitrogen and oxygen atoms in total. The zero-order valence-electron chi connectivity index (χ0n) is 12.1. The van der Waals surface area contributed by atoms with Gasteiger partial charge in [-0.05, 0) is 25.2 Å². The van der Waals surface area contributed by atoms with Crippen LogP contribution in [0.5, 0.6) is 0 Å². The fraction of sp³-hybridized carbons (Fsp3) is 0.533. The summed E-state index contributed by atoms with van der Waals surface area (Å²) in [6, 6.07) is 8.23. The zero-order chi connectivity index (χ0) is 13.8. The van der Waals surface area contributed by atoms with Crippen LogP contribution in [0.25, 0.3) is 0 Å². The second kappa shape index (κ2) is 6.01. The Hall–Kier alpha value is -1.35. The largest absolute Gasteiger partial charge is 0.352 e. The molecule has 100 valence electrons. The normalized spacial score (nSPS) is 11.7. The van der Waals surface area contributed by atoms with Crippen LogP contribution in [0.15, 0.2) is 24.3 Å². The van der Waals surface area contributed by atoms with Gasteiger partial charge < -0.3 is 10.2 Å². The van der Waals surface area contributed by atoms with Gasteiger partial charge in [0.2, 0.25) is 5.91 Å². The first-order valence-electron chi connectivity index (χ1n) is 6.30. The minimum Gasteiger partial charge on any atom is -0.352 e. The number of nitrogens with zero attached hydrogens (tertiary/aromatic N) is 1. The summed E-state index contributed by atoms with van der Waals surface area (Å²) in [4.78, 5) is 14.0. The van der Waals surface area contributed by atoms with Crippen molar-refractivity contribution in [3.05, 3.63) is 35.4 Å². The lowest BCUT2D eigenvalue weighted by atomic mass is 9.95. The zero-order valence-corrected chi connectivity index (χ0v) is 12.1. The predicted octanol–water partition coefficient (Wildman–Crippen LogP) is 2.41. The highest BCUT2D eigenvalue weighted by Gasteiger charge is 2.20. The van der Waals surface area contributed by atoms with Crippen LogP contribution < -0.4 is 5.32 Å². The van der Waals surface area contributed by atoms with Crippen molar-refractivity contribution >= 4 is 5.91 Å². The summed E-state index contributed by atoms with van der Waals surface area (Å²) in [6.45, 7) is 7.26. The number of nitrogens with one attached hydrogen (secondary N) is 1. The molecule has 0 fully saturated rings. The van der Waals surface area contributed by atoms with Gasteiger partial charge in [-0.25, -0.2) is 0 Å². The Kier molecular flexibility index (Phi) is 4.91. The van der Waals surface area contributed by atoms with Gasteiger partial charge in [-0.2, -0.15) is 0 Å². The monoisotopic (exact) mass is 248 g/mol. The van der Waals surface area contributed by atoms with E-state index in [0.717, 1.165) is 6.54 Å². The van der Waals surface area contributed by atoms with Gasteiger partial charge in [0.25, 0.3) is 0 Å². The van der Waals surface area contributed by atoms with Crippen molar-refractivity contribution in [2.24, 2.45) is 5.41 Å². The molecule has 0 aliphatic carbocycles. The molecule has 0 aliphatic heterocycles. The fourth-order valence-electron chi connectivity index (χ4n) is 1.67. The van der Waals surface area contributed by atoms with E-state index < -0.39 is 0 Å². The minimum atomic E-state index is -0.337. The van der Waals surface area contributed by atoms with Crippen molar-refractivity contribution < 1.29 is 4.79 Å². The molecule has 0 bridgehead atoms. The van der Waals surface area contributed by atoms with Crippen LogP contribution in [-0.2, 0) is 17.9 Å². The topological polar surface area (TPSA) is 32.3 Å². The molecule has 0 spiro atoms. The first-order chi connectivity index (χ1) is 8.30. The Morgan fingerprint density at radius 3 is 2.22 bits per heavy atom. The Balaban J connectivity index is 2.70. The fourth-order valence-corrected chi connectivity index (χ4v) is 1.67. The summed E-state index contributed by atoms with van der Waals surface area (Å²) in [7, 11) is 4.09. The molecule has 0 aliphatic rings. The first kappa shape index (κ1) is 14.7. The second-order valence-electron chi connectivity index (χ2n) is 5.94. The molecule has 1 N–H and O–H groups in total. The number of hydrogen-bond donors (Lipinski definition) is 1. The van der Waals surface area contributed by atoms with E-state index in [2.05, 4.69) is 22.3 Å². The Bertz CT molecular complexity index is 405. The summed E-state index contributed by atoms with van der Waals surface area (Å²) < 4.78 is 0. The third kappa shape index (κ3) is 4.49. The lowest BCUT2D eigenvalue weighted by Crippen LogP contribution is -2.34. The van der Waals surface area contributed by atoms with Crippen LogP contribution in [0, 0.1) is 5.41 Å². The van der Waals surface area contributed by atoms with Crippen LogP contribution in [0.4, 0.5) is 0 Å². The molecule has 0 atom stereocenters. The van der Waals surface area contributed by atoms with Gasteiger partial charge in [-0.3, -0.25) is 4.79 Å². The van der Waals surface area contributed by atoms with E-state index in [1.807, 2.05) is 47.0 Å². The molecule has 3 heteroatoms. The standard InChI is InChI=1S/C15H24N2O/c1-15(2,3)14(18)16-10-12-8-6-7-9-13(12)11-17(4)5/h6-9H,10-11H2,1-5H3,(H,16,18). The lowest BCUT2D eigenvalue weighted by Gasteiger charge is -2.19. The highest BCUT2D eigenvalue weighted by molar-refractivity contribution is 5.81. The quantitative estimate of drug-likeness (QED) is 0.887. The van der Waals surface area contributed by atoms with Gasteiger partial charge in [0.1, 0.15) is 0 Å². The third-order valence-electron chi connectivity index (χ3n) is 2.73. The number of benzene rings is 1. The molecule has 1 amide bonds. The third-order valence-corrected chi connectivity index (χ3v) is 2.73. The maximum Gasteiger partial charge on any atom is 0.225 e. The van der Waals surface area contributed by atoms with E-state index in [-0.39, 0.29) is 11.3 Å². The van der Waals surface area contributed by atoms with E-state index in [0.29, 0.717) is 6.54 Å². The van der Waals surface area contributed by atoms with Crippen LogP contribution >= 0.6 is 0 Å². The lowest BCUT2D eigenvalue weighted by molar-refractivity contribution is -0.128. The first-order valence-corrected chi connectivity index (χ1v) is 6.30. The van der Waals surface area contributed by atoms with Crippen molar-refractivity contribution in [3.63, 3.8) is 0 Å². The number of rotatable bonds is 4. The predicted molar refractivity (Wildman–Crippen MR) is 75.1 cm³/mol. The Morgan fingerprint density at radius 2 is 1.72 bits per heavy atom. The molecule has 1 aromatic carbocycles. The van der Waals surface area contributed by atoms with Gasteiger partial charge in [0, 0.05) is 18.5 Å². The van der Waals surface area contributed by atoms with Gasteiger partial charge >= 0.3 is 0 Å². The summed E-state index contributed by atoms with van der Waals surface area (Å²) in [6.07, 6.45) is 0. The molecule has 0 unspecified atom stereocenters. The number of amides is 1. The Labute approximate surface area is 110 Å². The smallest absolute Gasteiger partial charge is 0.225 e. The van der Waals surface area contributed by atoms with Gasteiger partial charge in [0.15, 0.2) is 0 Å². The van der Waals surface area contributed by atoms with Gasteiger partial charge in [-0.15, -0.1) is 0 Å². The van der Waals surface area contributed by atoms with E-state index in [1.165, 1.54) is 11.1 Å². The number of hydrogen-bond acceptors (Lipinski definition) is 2. The number of carbonyl (C=O) groups is 1. The molecule has 0 saturated heterocycles. The van der Waals surface area contributed by atoms with Crippen molar-refractivity contribution in [3.8, 4) is 0 Å². The Morgan fingerprint density at radius 1 is 1.17 bits per heavy atom. The second-order valence-corrected chi connectivity index (χ2v) is 5.94. The maximum absolute atomic E-state index is 11.8. The molecule has 1 aromatic rings. The minimum absolute atomic E-state index is 0.0853. The summed E-state index contributed by atoms with van der Waals surface area (Å²) in [5.41, 5.74) is 2.11. The maximum atomic E-state index is 11.8. The molecule has 0 radical (unpaired) electrons. The van der Waals surface area contributed by atoms with Crippen LogP contribution in [0.3, 0.4) is 0 Å². The van der Waals surface area contributed by atoms with Crippen LogP contribution in [0.2, 0.25) is 0 Å². The van der Waals surface area contributed by atoms with E-state index >= 15 is 0 Å².